The van der Waals surface area contributed by atoms with E-state index in [4.69, 9.17) is 4.74 Å². The zero-order valence-electron chi connectivity index (χ0n) is 12.5. The third-order valence-corrected chi connectivity index (χ3v) is 3.69. The van der Waals surface area contributed by atoms with Gasteiger partial charge in [-0.15, -0.1) is 0 Å². The summed E-state index contributed by atoms with van der Waals surface area (Å²) < 4.78 is 7.74. The Hall–Kier alpha value is -3.08. The Morgan fingerprint density at radius 2 is 1.91 bits per heavy atom. The molecule has 0 fully saturated rings. The van der Waals surface area contributed by atoms with E-state index in [1.165, 1.54) is 0 Å². The zero-order chi connectivity index (χ0) is 15.5. The fraction of sp³-hybridized carbons (Fsp3) is 0.111. The number of H-pyrrole nitrogens is 1. The van der Waals surface area contributed by atoms with E-state index >= 15 is 0 Å². The normalized spacial score (nSPS) is 11.0. The maximum atomic E-state index is 5.75. The van der Waals surface area contributed by atoms with Crippen LogP contribution in [0.5, 0.6) is 5.75 Å². The minimum Gasteiger partial charge on any atom is -0.492 e. The predicted octanol–water partition coefficient (Wildman–Crippen LogP) is 3.51. The van der Waals surface area contributed by atoms with Gasteiger partial charge in [-0.2, -0.15) is 0 Å². The summed E-state index contributed by atoms with van der Waals surface area (Å²) in [5.41, 5.74) is 3.06. The quantitative estimate of drug-likeness (QED) is 0.614. The highest BCUT2D eigenvalue weighted by atomic mass is 16.5. The van der Waals surface area contributed by atoms with E-state index in [1.807, 2.05) is 59.3 Å². The number of para-hydroxylation sites is 2. The highest BCUT2D eigenvalue weighted by molar-refractivity contribution is 5.79. The number of hydrogen-bond donors (Lipinski definition) is 1. The molecular formula is C18H16N4O. The molecule has 114 valence electrons. The lowest BCUT2D eigenvalue weighted by molar-refractivity contribution is 0.298. The topological polar surface area (TPSA) is 55.7 Å². The van der Waals surface area contributed by atoms with Gasteiger partial charge in [0.25, 0.3) is 0 Å². The van der Waals surface area contributed by atoms with Crippen molar-refractivity contribution in [3.63, 3.8) is 0 Å². The highest BCUT2D eigenvalue weighted by Crippen LogP contribution is 2.22. The Kier molecular flexibility index (Phi) is 3.52. The van der Waals surface area contributed by atoms with Gasteiger partial charge < -0.3 is 14.3 Å². The number of aromatic nitrogens is 4. The van der Waals surface area contributed by atoms with Gasteiger partial charge in [-0.05, 0) is 36.4 Å². The van der Waals surface area contributed by atoms with Gasteiger partial charge in [0.2, 0.25) is 0 Å². The number of imidazole rings is 2. The van der Waals surface area contributed by atoms with Crippen LogP contribution in [-0.2, 0) is 6.54 Å². The number of fused-ring (bicyclic) bond motifs is 1. The summed E-state index contributed by atoms with van der Waals surface area (Å²) in [6.45, 7) is 1.39. The molecule has 0 saturated carbocycles. The summed E-state index contributed by atoms with van der Waals surface area (Å²) in [6.07, 6.45) is 5.48. The van der Waals surface area contributed by atoms with Crippen molar-refractivity contribution in [1.29, 1.82) is 0 Å². The third-order valence-electron chi connectivity index (χ3n) is 3.69. The van der Waals surface area contributed by atoms with Crippen LogP contribution >= 0.6 is 0 Å². The number of ether oxygens (including phenoxy) is 1. The van der Waals surface area contributed by atoms with Gasteiger partial charge in [-0.3, -0.25) is 0 Å². The molecule has 0 saturated heterocycles. The van der Waals surface area contributed by atoms with E-state index in [9.17, 15) is 0 Å². The second kappa shape index (κ2) is 5.96. The molecular weight excluding hydrogens is 288 g/mol. The first-order valence-corrected chi connectivity index (χ1v) is 7.52. The fourth-order valence-corrected chi connectivity index (χ4v) is 2.49. The van der Waals surface area contributed by atoms with Crippen molar-refractivity contribution in [3.8, 4) is 17.1 Å². The summed E-state index contributed by atoms with van der Waals surface area (Å²) >= 11 is 0. The van der Waals surface area contributed by atoms with Crippen molar-refractivity contribution in [1.82, 2.24) is 19.5 Å². The van der Waals surface area contributed by atoms with E-state index in [0.29, 0.717) is 6.61 Å². The van der Waals surface area contributed by atoms with E-state index in [-0.39, 0.29) is 0 Å². The van der Waals surface area contributed by atoms with E-state index in [2.05, 4.69) is 15.0 Å². The van der Waals surface area contributed by atoms with Crippen molar-refractivity contribution >= 4 is 11.0 Å². The van der Waals surface area contributed by atoms with Crippen LogP contribution in [0.3, 0.4) is 0 Å². The van der Waals surface area contributed by atoms with Crippen LogP contribution in [0.2, 0.25) is 0 Å². The Morgan fingerprint density at radius 3 is 2.70 bits per heavy atom. The van der Waals surface area contributed by atoms with Crippen LogP contribution in [-0.4, -0.2) is 26.1 Å². The molecule has 2 aromatic heterocycles. The number of nitrogens with zero attached hydrogens (tertiary/aromatic N) is 3. The number of aromatic amines is 1. The molecule has 5 heteroatoms. The largest absolute Gasteiger partial charge is 0.492 e. The van der Waals surface area contributed by atoms with Crippen LogP contribution in [0.1, 0.15) is 0 Å². The lowest BCUT2D eigenvalue weighted by atomic mass is 10.2. The predicted molar refractivity (Wildman–Crippen MR) is 89.3 cm³/mol. The number of rotatable bonds is 5. The molecule has 2 heterocycles. The van der Waals surface area contributed by atoms with Crippen LogP contribution in [0.25, 0.3) is 22.4 Å². The number of nitrogens with one attached hydrogen (secondary N) is 1. The smallest absolute Gasteiger partial charge is 0.138 e. The lowest BCUT2D eigenvalue weighted by Gasteiger charge is -2.07. The van der Waals surface area contributed by atoms with Crippen molar-refractivity contribution in [2.75, 3.05) is 6.61 Å². The average molecular weight is 304 g/mol. The molecule has 0 bridgehead atoms. The monoisotopic (exact) mass is 304 g/mol. The second-order valence-electron chi connectivity index (χ2n) is 5.28. The number of hydrogen-bond acceptors (Lipinski definition) is 3. The maximum Gasteiger partial charge on any atom is 0.138 e. The van der Waals surface area contributed by atoms with Gasteiger partial charge in [0.05, 0.1) is 23.9 Å². The van der Waals surface area contributed by atoms with Crippen LogP contribution in [0.15, 0.2) is 67.3 Å². The summed E-state index contributed by atoms with van der Waals surface area (Å²) in [6, 6.07) is 16.0. The molecule has 4 rings (SSSR count). The van der Waals surface area contributed by atoms with Crippen molar-refractivity contribution < 1.29 is 4.74 Å². The van der Waals surface area contributed by atoms with Crippen LogP contribution in [0, 0.1) is 0 Å². The Morgan fingerprint density at radius 1 is 1.04 bits per heavy atom. The molecule has 0 unspecified atom stereocenters. The van der Waals surface area contributed by atoms with Crippen LogP contribution < -0.4 is 4.74 Å². The molecule has 1 N–H and O–H groups in total. The van der Waals surface area contributed by atoms with Gasteiger partial charge in [-0.1, -0.05) is 12.1 Å². The number of benzene rings is 2. The highest BCUT2D eigenvalue weighted by Gasteiger charge is 2.05. The molecule has 0 spiro atoms. The summed E-state index contributed by atoms with van der Waals surface area (Å²) in [7, 11) is 0. The van der Waals surface area contributed by atoms with Gasteiger partial charge in [-0.25, -0.2) is 9.97 Å². The Balaban J connectivity index is 1.44. The molecule has 0 aliphatic rings. The second-order valence-corrected chi connectivity index (χ2v) is 5.28. The fourth-order valence-electron chi connectivity index (χ4n) is 2.49. The SMILES string of the molecule is c1ccc2[nH]c(-c3ccc(OCCn4ccnc4)cc3)nc2c1. The standard InChI is InChI=1S/C18H16N4O/c1-2-4-17-16(3-1)20-18(21-17)14-5-7-15(8-6-14)23-12-11-22-10-9-19-13-22/h1-10,13H,11-12H2,(H,20,21). The molecule has 5 nitrogen and oxygen atoms in total. The molecule has 2 aromatic carbocycles. The summed E-state index contributed by atoms with van der Waals surface area (Å²) in [5.74, 6) is 1.72. The zero-order valence-corrected chi connectivity index (χ0v) is 12.5. The molecule has 0 aliphatic heterocycles. The minimum absolute atomic E-state index is 0.611. The first-order chi connectivity index (χ1) is 11.4. The van der Waals surface area contributed by atoms with Gasteiger partial charge in [0, 0.05) is 18.0 Å². The molecule has 0 atom stereocenters. The molecule has 0 radical (unpaired) electrons. The Labute approximate surface area is 133 Å². The summed E-state index contributed by atoms with van der Waals surface area (Å²) in [5, 5.41) is 0. The molecule has 23 heavy (non-hydrogen) atoms. The first kappa shape index (κ1) is 13.6. The minimum atomic E-state index is 0.611. The van der Waals surface area contributed by atoms with E-state index in [0.717, 1.165) is 34.7 Å². The van der Waals surface area contributed by atoms with Crippen molar-refractivity contribution in [3.05, 3.63) is 67.3 Å². The van der Waals surface area contributed by atoms with E-state index < -0.39 is 0 Å². The average Bonchev–Trinajstić information content (AvgIpc) is 3.24. The maximum absolute atomic E-state index is 5.75. The lowest BCUT2D eigenvalue weighted by Crippen LogP contribution is -2.06. The third kappa shape index (κ3) is 2.94. The van der Waals surface area contributed by atoms with Crippen molar-refractivity contribution in [2.24, 2.45) is 0 Å². The van der Waals surface area contributed by atoms with Crippen LogP contribution in [0.4, 0.5) is 0 Å². The van der Waals surface area contributed by atoms with Gasteiger partial charge in [0.1, 0.15) is 18.2 Å². The molecule has 0 aliphatic carbocycles. The van der Waals surface area contributed by atoms with Gasteiger partial charge >= 0.3 is 0 Å². The summed E-state index contributed by atoms with van der Waals surface area (Å²) in [4.78, 5) is 11.9. The first-order valence-electron chi connectivity index (χ1n) is 7.52. The molecule has 4 aromatic rings. The molecule has 0 amide bonds. The van der Waals surface area contributed by atoms with E-state index in [1.54, 1.807) is 12.5 Å². The van der Waals surface area contributed by atoms with Crippen molar-refractivity contribution in [2.45, 2.75) is 6.54 Å². The Bertz CT molecular complexity index is 861. The van der Waals surface area contributed by atoms with Gasteiger partial charge in [0.15, 0.2) is 0 Å².